The fourth-order valence-electron chi connectivity index (χ4n) is 3.25. The second kappa shape index (κ2) is 10.9. The fourth-order valence-corrected chi connectivity index (χ4v) is 3.25. The van der Waals surface area contributed by atoms with Gasteiger partial charge in [0, 0.05) is 39.8 Å². The molecule has 1 atom stereocenters. The molecule has 1 fully saturated rings. The highest BCUT2D eigenvalue weighted by Gasteiger charge is 2.21. The average molecular weight is 490 g/mol. The largest absolute Gasteiger partial charge is 0.454 e. The van der Waals surface area contributed by atoms with E-state index >= 15 is 0 Å². The van der Waals surface area contributed by atoms with Gasteiger partial charge in [0.25, 0.3) is 0 Å². The molecule has 0 amide bonds. The van der Waals surface area contributed by atoms with Gasteiger partial charge in [0.1, 0.15) is 0 Å². The van der Waals surface area contributed by atoms with Crippen LogP contribution in [-0.2, 0) is 11.3 Å². The van der Waals surface area contributed by atoms with Gasteiger partial charge in [-0.1, -0.05) is 19.9 Å². The smallest absolute Gasteiger partial charge is 0.231 e. The summed E-state index contributed by atoms with van der Waals surface area (Å²) >= 11 is 0. The van der Waals surface area contributed by atoms with Crippen LogP contribution in [0.25, 0.3) is 0 Å². The van der Waals surface area contributed by atoms with Crippen molar-refractivity contribution in [3.05, 3.63) is 23.8 Å². The Hall–Kier alpha value is -1.26. The first-order valence-corrected chi connectivity index (χ1v) is 9.31. The molecule has 1 aromatic carbocycles. The first-order valence-electron chi connectivity index (χ1n) is 9.31. The van der Waals surface area contributed by atoms with Gasteiger partial charge in [-0.3, -0.25) is 9.89 Å². The number of guanidine groups is 1. The third kappa shape index (κ3) is 6.69. The number of fused-ring (bicyclic) bond motifs is 1. The standard InChI is InChI=1S/C19H30N4O3.HI/c1-14(2)11-23-6-7-24-16(12-23)10-22-19(20-3)21-9-15-4-5-17-18(8-15)26-13-25-17;/h4-5,8,14,16H,6-7,9-13H2,1-3H3,(H2,20,21,22);1H. The average Bonchev–Trinajstić information content (AvgIpc) is 3.09. The molecule has 2 aliphatic heterocycles. The molecule has 2 N–H and O–H groups in total. The Bertz CT molecular complexity index is 627. The molecule has 0 bridgehead atoms. The van der Waals surface area contributed by atoms with Crippen LogP contribution in [0.4, 0.5) is 0 Å². The Kier molecular flexibility index (Phi) is 8.91. The van der Waals surface area contributed by atoms with Gasteiger partial charge in [-0.05, 0) is 23.6 Å². The zero-order valence-corrected chi connectivity index (χ0v) is 18.7. The minimum absolute atomic E-state index is 0. The summed E-state index contributed by atoms with van der Waals surface area (Å²) in [6.45, 7) is 10.1. The van der Waals surface area contributed by atoms with E-state index in [-0.39, 0.29) is 30.1 Å². The van der Waals surface area contributed by atoms with Crippen LogP contribution in [0.3, 0.4) is 0 Å². The Morgan fingerprint density at radius 3 is 2.85 bits per heavy atom. The maximum Gasteiger partial charge on any atom is 0.231 e. The summed E-state index contributed by atoms with van der Waals surface area (Å²) in [6.07, 6.45) is 0.187. The molecule has 152 valence electrons. The SMILES string of the molecule is CN=C(NCc1ccc2c(c1)OCO2)NCC1CN(CC(C)C)CCO1.I. The molecular weight excluding hydrogens is 459 g/mol. The fraction of sp³-hybridized carbons (Fsp3) is 0.632. The van der Waals surface area contributed by atoms with E-state index in [1.807, 2.05) is 18.2 Å². The third-order valence-electron chi connectivity index (χ3n) is 4.46. The van der Waals surface area contributed by atoms with E-state index in [4.69, 9.17) is 14.2 Å². The third-order valence-corrected chi connectivity index (χ3v) is 4.46. The molecule has 1 unspecified atom stereocenters. The molecule has 8 heteroatoms. The number of nitrogens with one attached hydrogen (secondary N) is 2. The summed E-state index contributed by atoms with van der Waals surface area (Å²) in [5.41, 5.74) is 1.12. The predicted molar refractivity (Wildman–Crippen MR) is 117 cm³/mol. The van der Waals surface area contributed by atoms with Crippen molar-refractivity contribution in [2.75, 3.05) is 46.6 Å². The van der Waals surface area contributed by atoms with Gasteiger partial charge < -0.3 is 24.8 Å². The first kappa shape index (κ1) is 22.0. The van der Waals surface area contributed by atoms with Crippen molar-refractivity contribution < 1.29 is 14.2 Å². The number of halogens is 1. The monoisotopic (exact) mass is 490 g/mol. The minimum atomic E-state index is 0. The lowest BCUT2D eigenvalue weighted by Crippen LogP contribution is -2.50. The van der Waals surface area contributed by atoms with Crippen LogP contribution >= 0.6 is 24.0 Å². The lowest BCUT2D eigenvalue weighted by atomic mass is 10.2. The van der Waals surface area contributed by atoms with E-state index in [2.05, 4.69) is 34.4 Å². The molecule has 1 saturated heterocycles. The Labute approximate surface area is 178 Å². The van der Waals surface area contributed by atoms with Crippen LogP contribution in [-0.4, -0.2) is 63.6 Å². The highest BCUT2D eigenvalue weighted by Crippen LogP contribution is 2.32. The van der Waals surface area contributed by atoms with E-state index in [1.165, 1.54) is 0 Å². The topological polar surface area (TPSA) is 67.4 Å². The summed E-state index contributed by atoms with van der Waals surface area (Å²) < 4.78 is 16.6. The van der Waals surface area contributed by atoms with Crippen molar-refractivity contribution in [3.63, 3.8) is 0 Å². The summed E-state index contributed by atoms with van der Waals surface area (Å²) in [6, 6.07) is 5.97. The highest BCUT2D eigenvalue weighted by molar-refractivity contribution is 14.0. The second-order valence-corrected chi connectivity index (χ2v) is 7.14. The van der Waals surface area contributed by atoms with Gasteiger partial charge >= 0.3 is 0 Å². The van der Waals surface area contributed by atoms with Crippen LogP contribution in [0.2, 0.25) is 0 Å². The van der Waals surface area contributed by atoms with Crippen LogP contribution < -0.4 is 20.1 Å². The molecule has 27 heavy (non-hydrogen) atoms. The first-order chi connectivity index (χ1) is 12.6. The van der Waals surface area contributed by atoms with Gasteiger partial charge in [0.05, 0.1) is 12.7 Å². The van der Waals surface area contributed by atoms with Gasteiger partial charge in [0.15, 0.2) is 17.5 Å². The van der Waals surface area contributed by atoms with Crippen LogP contribution in [0.5, 0.6) is 11.5 Å². The van der Waals surface area contributed by atoms with Crippen LogP contribution in [0.1, 0.15) is 19.4 Å². The molecule has 2 aliphatic rings. The molecule has 0 saturated carbocycles. The molecule has 2 heterocycles. The number of hydrogen-bond donors (Lipinski definition) is 2. The quantitative estimate of drug-likeness (QED) is 0.362. The zero-order chi connectivity index (χ0) is 18.4. The summed E-state index contributed by atoms with van der Waals surface area (Å²) in [5, 5.41) is 6.70. The van der Waals surface area contributed by atoms with Crippen molar-refractivity contribution in [3.8, 4) is 11.5 Å². The van der Waals surface area contributed by atoms with Crippen LogP contribution in [0.15, 0.2) is 23.2 Å². The van der Waals surface area contributed by atoms with Gasteiger partial charge in [-0.2, -0.15) is 0 Å². The molecule has 0 aromatic heterocycles. The van der Waals surface area contributed by atoms with Crippen molar-refractivity contribution in [1.82, 2.24) is 15.5 Å². The van der Waals surface area contributed by atoms with Crippen molar-refractivity contribution in [2.45, 2.75) is 26.5 Å². The van der Waals surface area contributed by atoms with E-state index in [0.29, 0.717) is 19.3 Å². The number of nitrogens with zero attached hydrogens (tertiary/aromatic N) is 2. The lowest BCUT2D eigenvalue weighted by molar-refractivity contribution is -0.0284. The van der Waals surface area contributed by atoms with E-state index in [0.717, 1.165) is 55.8 Å². The summed E-state index contributed by atoms with van der Waals surface area (Å²) in [4.78, 5) is 6.77. The number of morpholine rings is 1. The highest BCUT2D eigenvalue weighted by atomic mass is 127. The molecule has 3 rings (SSSR count). The van der Waals surface area contributed by atoms with E-state index in [1.54, 1.807) is 7.05 Å². The van der Waals surface area contributed by atoms with E-state index in [9.17, 15) is 0 Å². The normalized spacial score (nSPS) is 19.7. The number of hydrogen-bond acceptors (Lipinski definition) is 5. The number of aliphatic imine (C=N–C) groups is 1. The molecule has 0 radical (unpaired) electrons. The Morgan fingerprint density at radius 2 is 2.07 bits per heavy atom. The van der Waals surface area contributed by atoms with Gasteiger partial charge in [-0.15, -0.1) is 24.0 Å². The van der Waals surface area contributed by atoms with Gasteiger partial charge in [0.2, 0.25) is 6.79 Å². The predicted octanol–water partition coefficient (Wildman–Crippen LogP) is 2.06. The van der Waals surface area contributed by atoms with Crippen molar-refractivity contribution >= 4 is 29.9 Å². The maximum absolute atomic E-state index is 5.88. The maximum atomic E-state index is 5.88. The second-order valence-electron chi connectivity index (χ2n) is 7.14. The molecule has 0 spiro atoms. The van der Waals surface area contributed by atoms with E-state index < -0.39 is 0 Å². The Balaban J connectivity index is 0.00000261. The lowest BCUT2D eigenvalue weighted by Gasteiger charge is -2.34. The summed E-state index contributed by atoms with van der Waals surface area (Å²) in [7, 11) is 1.78. The number of rotatable bonds is 6. The Morgan fingerprint density at radius 1 is 1.26 bits per heavy atom. The number of benzene rings is 1. The van der Waals surface area contributed by atoms with Gasteiger partial charge in [-0.25, -0.2) is 0 Å². The van der Waals surface area contributed by atoms with Crippen molar-refractivity contribution in [1.29, 1.82) is 0 Å². The number of ether oxygens (including phenoxy) is 3. The summed E-state index contributed by atoms with van der Waals surface area (Å²) in [5.74, 6) is 3.05. The van der Waals surface area contributed by atoms with Crippen LogP contribution in [0, 0.1) is 5.92 Å². The van der Waals surface area contributed by atoms with Crippen molar-refractivity contribution in [2.24, 2.45) is 10.9 Å². The molecular formula is C19H31IN4O3. The molecule has 1 aromatic rings. The zero-order valence-electron chi connectivity index (χ0n) is 16.4. The molecule has 7 nitrogen and oxygen atoms in total. The minimum Gasteiger partial charge on any atom is -0.454 e. The molecule has 0 aliphatic carbocycles.